The molecule has 3 rings (SSSR count). The van der Waals surface area contributed by atoms with Gasteiger partial charge in [-0.1, -0.05) is 37.3 Å². The zero-order valence-corrected chi connectivity index (χ0v) is 15.5. The van der Waals surface area contributed by atoms with Gasteiger partial charge in [0.25, 0.3) is 5.91 Å². The van der Waals surface area contributed by atoms with Crippen molar-refractivity contribution in [3.8, 4) is 5.75 Å². The Morgan fingerprint density at radius 3 is 2.63 bits per heavy atom. The molecule has 2 atom stereocenters. The summed E-state index contributed by atoms with van der Waals surface area (Å²) >= 11 is 0. The van der Waals surface area contributed by atoms with Gasteiger partial charge in [0.05, 0.1) is 18.2 Å². The fourth-order valence-corrected chi connectivity index (χ4v) is 3.17. The standard InChI is InChI=1S/C21H24N2O4/c1-3-20(25)22-16-9-10-18(24)17(11-16)21(26)23-12-14(2)27-19(13-23)15-7-5-4-6-8-15/h4-11,14,19,24H,3,12-13H2,1-2H3,(H,22,25). The highest BCUT2D eigenvalue weighted by molar-refractivity contribution is 5.99. The summed E-state index contributed by atoms with van der Waals surface area (Å²) in [4.78, 5) is 26.3. The molecule has 2 aromatic rings. The minimum absolute atomic E-state index is 0.107. The van der Waals surface area contributed by atoms with Crippen molar-refractivity contribution < 1.29 is 19.4 Å². The molecule has 2 aromatic carbocycles. The highest BCUT2D eigenvalue weighted by Gasteiger charge is 2.31. The summed E-state index contributed by atoms with van der Waals surface area (Å²) in [5, 5.41) is 12.9. The molecule has 0 bridgehead atoms. The molecule has 1 aliphatic rings. The molecular formula is C21H24N2O4. The van der Waals surface area contributed by atoms with Crippen LogP contribution in [0.2, 0.25) is 0 Å². The van der Waals surface area contributed by atoms with Crippen LogP contribution in [0.5, 0.6) is 5.75 Å². The molecule has 0 aromatic heterocycles. The van der Waals surface area contributed by atoms with Crippen molar-refractivity contribution in [2.45, 2.75) is 32.5 Å². The molecule has 6 nitrogen and oxygen atoms in total. The van der Waals surface area contributed by atoms with Crippen molar-refractivity contribution in [3.63, 3.8) is 0 Å². The number of hydrogen-bond acceptors (Lipinski definition) is 4. The average Bonchev–Trinajstić information content (AvgIpc) is 2.69. The first-order chi connectivity index (χ1) is 13.0. The number of nitrogens with one attached hydrogen (secondary N) is 1. The third kappa shape index (κ3) is 4.46. The van der Waals surface area contributed by atoms with Crippen LogP contribution in [-0.4, -0.2) is 41.0 Å². The molecular weight excluding hydrogens is 344 g/mol. The van der Waals surface area contributed by atoms with Gasteiger partial charge < -0.3 is 20.1 Å². The Morgan fingerprint density at radius 2 is 1.93 bits per heavy atom. The van der Waals surface area contributed by atoms with Crippen molar-refractivity contribution in [2.24, 2.45) is 0 Å². The Morgan fingerprint density at radius 1 is 1.19 bits per heavy atom. The van der Waals surface area contributed by atoms with E-state index < -0.39 is 0 Å². The number of ether oxygens (including phenoxy) is 1. The van der Waals surface area contributed by atoms with Gasteiger partial charge in [0.15, 0.2) is 0 Å². The van der Waals surface area contributed by atoms with Crippen LogP contribution in [0.25, 0.3) is 0 Å². The molecule has 2 amide bonds. The summed E-state index contributed by atoms with van der Waals surface area (Å²) < 4.78 is 6.00. The van der Waals surface area contributed by atoms with Crippen LogP contribution in [0.15, 0.2) is 48.5 Å². The molecule has 142 valence electrons. The first kappa shape index (κ1) is 18.9. The largest absolute Gasteiger partial charge is 0.507 e. The van der Waals surface area contributed by atoms with Gasteiger partial charge in [-0.25, -0.2) is 0 Å². The van der Waals surface area contributed by atoms with Crippen LogP contribution in [0.3, 0.4) is 0 Å². The zero-order chi connectivity index (χ0) is 19.4. The molecule has 0 radical (unpaired) electrons. The maximum Gasteiger partial charge on any atom is 0.257 e. The number of anilines is 1. The highest BCUT2D eigenvalue weighted by Crippen LogP contribution is 2.29. The summed E-state index contributed by atoms with van der Waals surface area (Å²) in [6.45, 7) is 4.51. The Labute approximate surface area is 158 Å². The molecule has 1 heterocycles. The molecule has 0 spiro atoms. The third-order valence-corrected chi connectivity index (χ3v) is 4.55. The second kappa shape index (κ2) is 8.22. The van der Waals surface area contributed by atoms with E-state index in [0.717, 1.165) is 5.56 Å². The summed E-state index contributed by atoms with van der Waals surface area (Å²) in [7, 11) is 0. The fourth-order valence-electron chi connectivity index (χ4n) is 3.17. The summed E-state index contributed by atoms with van der Waals surface area (Å²) in [6, 6.07) is 14.3. The van der Waals surface area contributed by atoms with E-state index >= 15 is 0 Å². The minimum Gasteiger partial charge on any atom is -0.507 e. The normalized spacial score (nSPS) is 19.6. The molecule has 1 fully saturated rings. The van der Waals surface area contributed by atoms with Gasteiger partial charge in [-0.15, -0.1) is 0 Å². The number of nitrogens with zero attached hydrogens (tertiary/aromatic N) is 1. The van der Waals surface area contributed by atoms with Crippen LogP contribution in [0.4, 0.5) is 5.69 Å². The van der Waals surface area contributed by atoms with Crippen LogP contribution in [0.1, 0.15) is 42.3 Å². The Balaban J connectivity index is 1.82. The molecule has 0 saturated carbocycles. The quantitative estimate of drug-likeness (QED) is 0.811. The third-order valence-electron chi connectivity index (χ3n) is 4.55. The van der Waals surface area contributed by atoms with E-state index in [1.807, 2.05) is 37.3 Å². The van der Waals surface area contributed by atoms with E-state index in [1.165, 1.54) is 12.1 Å². The summed E-state index contributed by atoms with van der Waals surface area (Å²) in [5.41, 5.74) is 1.67. The SMILES string of the molecule is CCC(=O)Nc1ccc(O)c(C(=O)N2CC(C)OC(c3ccccc3)C2)c1. The Hall–Kier alpha value is -2.86. The number of phenols is 1. The number of amides is 2. The van der Waals surface area contributed by atoms with E-state index in [0.29, 0.717) is 25.2 Å². The maximum atomic E-state index is 13.0. The molecule has 1 saturated heterocycles. The lowest BCUT2D eigenvalue weighted by molar-refractivity contribution is -0.115. The predicted octanol–water partition coefficient (Wildman–Crippen LogP) is 3.34. The second-order valence-corrected chi connectivity index (χ2v) is 6.69. The number of aromatic hydroxyl groups is 1. The molecule has 0 aliphatic carbocycles. The second-order valence-electron chi connectivity index (χ2n) is 6.69. The average molecular weight is 368 g/mol. The number of rotatable bonds is 4. The summed E-state index contributed by atoms with van der Waals surface area (Å²) in [5.74, 6) is -0.538. The number of morpholine rings is 1. The molecule has 2 unspecified atom stereocenters. The Kier molecular flexibility index (Phi) is 5.76. The highest BCUT2D eigenvalue weighted by atomic mass is 16.5. The molecule has 1 aliphatic heterocycles. The predicted molar refractivity (Wildman–Crippen MR) is 103 cm³/mol. The minimum atomic E-state index is -0.281. The number of carbonyl (C=O) groups is 2. The number of carbonyl (C=O) groups excluding carboxylic acids is 2. The van der Waals surface area contributed by atoms with E-state index in [2.05, 4.69) is 5.32 Å². The number of phenolic OH excluding ortho intramolecular Hbond substituents is 1. The van der Waals surface area contributed by atoms with Gasteiger partial charge in [0.2, 0.25) is 5.91 Å². The van der Waals surface area contributed by atoms with Gasteiger partial charge in [-0.3, -0.25) is 9.59 Å². The fraction of sp³-hybridized carbons (Fsp3) is 0.333. The van der Waals surface area contributed by atoms with Gasteiger partial charge in [-0.2, -0.15) is 0 Å². The van der Waals surface area contributed by atoms with Gasteiger partial charge in [0, 0.05) is 18.7 Å². The van der Waals surface area contributed by atoms with Crippen LogP contribution in [-0.2, 0) is 9.53 Å². The van der Waals surface area contributed by atoms with Crippen LogP contribution >= 0.6 is 0 Å². The van der Waals surface area contributed by atoms with E-state index in [-0.39, 0.29) is 35.3 Å². The lowest BCUT2D eigenvalue weighted by atomic mass is 10.0. The van der Waals surface area contributed by atoms with Crippen LogP contribution in [0, 0.1) is 0 Å². The van der Waals surface area contributed by atoms with Crippen molar-refractivity contribution >= 4 is 17.5 Å². The first-order valence-electron chi connectivity index (χ1n) is 9.10. The molecule has 6 heteroatoms. The topological polar surface area (TPSA) is 78.9 Å². The number of benzene rings is 2. The first-order valence-corrected chi connectivity index (χ1v) is 9.10. The molecule has 27 heavy (non-hydrogen) atoms. The van der Waals surface area contributed by atoms with Gasteiger partial charge in [0.1, 0.15) is 11.9 Å². The lowest BCUT2D eigenvalue weighted by Crippen LogP contribution is -2.46. The lowest BCUT2D eigenvalue weighted by Gasteiger charge is -2.37. The van der Waals surface area contributed by atoms with E-state index in [9.17, 15) is 14.7 Å². The zero-order valence-electron chi connectivity index (χ0n) is 15.5. The van der Waals surface area contributed by atoms with Gasteiger partial charge in [-0.05, 0) is 30.7 Å². The molecule has 2 N–H and O–H groups in total. The van der Waals surface area contributed by atoms with Crippen molar-refractivity contribution in [1.82, 2.24) is 4.90 Å². The van der Waals surface area contributed by atoms with E-state index in [4.69, 9.17) is 4.74 Å². The summed E-state index contributed by atoms with van der Waals surface area (Å²) in [6.07, 6.45) is -0.00814. The monoisotopic (exact) mass is 368 g/mol. The van der Waals surface area contributed by atoms with E-state index in [1.54, 1.807) is 17.9 Å². The van der Waals surface area contributed by atoms with Gasteiger partial charge >= 0.3 is 0 Å². The van der Waals surface area contributed by atoms with Crippen LogP contribution < -0.4 is 5.32 Å². The van der Waals surface area contributed by atoms with Crippen molar-refractivity contribution in [1.29, 1.82) is 0 Å². The Bertz CT molecular complexity index is 822. The maximum absolute atomic E-state index is 13.0. The van der Waals surface area contributed by atoms with Crippen molar-refractivity contribution in [3.05, 3.63) is 59.7 Å². The number of hydrogen-bond donors (Lipinski definition) is 2. The van der Waals surface area contributed by atoms with Crippen molar-refractivity contribution in [2.75, 3.05) is 18.4 Å². The smallest absolute Gasteiger partial charge is 0.257 e.